The Kier molecular flexibility index (Phi) is 4.01. The minimum atomic E-state index is 0.272. The number of rotatable bonds is 2. The summed E-state index contributed by atoms with van der Waals surface area (Å²) in [4.78, 5) is 10.9. The average Bonchev–Trinajstić information content (AvgIpc) is 2.33. The van der Waals surface area contributed by atoms with Crippen LogP contribution >= 0.6 is 0 Å². The molecule has 1 aliphatic carbocycles. The van der Waals surface area contributed by atoms with Crippen LogP contribution in [0.1, 0.15) is 39.5 Å². The molecule has 2 nitrogen and oxygen atoms in total. The second kappa shape index (κ2) is 5.31. The molecule has 0 amide bonds. The van der Waals surface area contributed by atoms with E-state index in [4.69, 9.17) is 0 Å². The van der Waals surface area contributed by atoms with Crippen LogP contribution < -0.4 is 5.32 Å². The molecule has 92 valence electrons. The Bertz CT molecular complexity index is 241. The van der Waals surface area contributed by atoms with Gasteiger partial charge in [-0.25, -0.2) is 0 Å². The molecule has 2 aliphatic rings. The molecule has 1 heterocycles. The lowest BCUT2D eigenvalue weighted by Crippen LogP contribution is -2.41. The van der Waals surface area contributed by atoms with E-state index in [0.29, 0.717) is 0 Å². The van der Waals surface area contributed by atoms with Crippen LogP contribution in [-0.4, -0.2) is 19.4 Å². The van der Waals surface area contributed by atoms with Crippen molar-refractivity contribution in [1.29, 1.82) is 0 Å². The van der Waals surface area contributed by atoms with Gasteiger partial charge in [0, 0.05) is 12.5 Å². The van der Waals surface area contributed by atoms with Crippen LogP contribution in [0.2, 0.25) is 0 Å². The van der Waals surface area contributed by atoms with Crippen LogP contribution in [0.3, 0.4) is 0 Å². The van der Waals surface area contributed by atoms with Crippen molar-refractivity contribution in [3.05, 3.63) is 0 Å². The smallest absolute Gasteiger partial charge is 0.124 e. The van der Waals surface area contributed by atoms with Gasteiger partial charge in [-0.1, -0.05) is 20.3 Å². The van der Waals surface area contributed by atoms with Crippen molar-refractivity contribution in [3.8, 4) is 0 Å². The van der Waals surface area contributed by atoms with Crippen molar-refractivity contribution in [2.24, 2.45) is 29.6 Å². The molecule has 5 unspecified atom stereocenters. The summed E-state index contributed by atoms with van der Waals surface area (Å²) >= 11 is 0. The standard InChI is InChI=1S/C14H25NO/c1-10-3-4-13(5-11(10)2)14-6-12(9-16)7-15-8-14/h9-15H,3-8H2,1-2H3. The van der Waals surface area contributed by atoms with Gasteiger partial charge in [0.25, 0.3) is 0 Å². The molecule has 2 fully saturated rings. The number of carbonyl (C=O) groups is 1. The number of nitrogens with one attached hydrogen (secondary N) is 1. The Labute approximate surface area is 99.2 Å². The molecule has 0 aromatic heterocycles. The van der Waals surface area contributed by atoms with Crippen molar-refractivity contribution >= 4 is 6.29 Å². The third-order valence-electron chi connectivity index (χ3n) is 4.92. The van der Waals surface area contributed by atoms with E-state index in [2.05, 4.69) is 19.2 Å². The van der Waals surface area contributed by atoms with E-state index >= 15 is 0 Å². The second-order valence-corrected chi connectivity index (χ2v) is 6.08. The molecule has 0 aromatic rings. The number of piperidine rings is 1. The van der Waals surface area contributed by atoms with Gasteiger partial charge in [-0.05, 0) is 49.5 Å². The first kappa shape index (κ1) is 12.1. The van der Waals surface area contributed by atoms with E-state index in [9.17, 15) is 4.79 Å². The Balaban J connectivity index is 1.89. The molecule has 1 N–H and O–H groups in total. The SMILES string of the molecule is CC1CCC(C2CNCC(C=O)C2)CC1C. The van der Waals surface area contributed by atoms with E-state index < -0.39 is 0 Å². The summed E-state index contributed by atoms with van der Waals surface area (Å²) in [6.07, 6.45) is 6.41. The predicted octanol–water partition coefficient (Wildman–Crippen LogP) is 2.48. The first-order chi connectivity index (χ1) is 7.70. The first-order valence-corrected chi connectivity index (χ1v) is 6.86. The van der Waals surface area contributed by atoms with Gasteiger partial charge in [-0.2, -0.15) is 0 Å². The number of aldehydes is 1. The Hall–Kier alpha value is -0.370. The fraction of sp³-hybridized carbons (Fsp3) is 0.929. The highest BCUT2D eigenvalue weighted by molar-refractivity contribution is 5.54. The molecule has 5 atom stereocenters. The number of hydrogen-bond acceptors (Lipinski definition) is 2. The maximum absolute atomic E-state index is 10.9. The summed E-state index contributed by atoms with van der Waals surface area (Å²) in [5.41, 5.74) is 0. The maximum atomic E-state index is 10.9. The maximum Gasteiger partial charge on any atom is 0.124 e. The van der Waals surface area contributed by atoms with Crippen LogP contribution in [0, 0.1) is 29.6 Å². The molecule has 0 aromatic carbocycles. The lowest BCUT2D eigenvalue weighted by atomic mass is 9.69. The van der Waals surface area contributed by atoms with Gasteiger partial charge >= 0.3 is 0 Å². The monoisotopic (exact) mass is 223 g/mol. The molecule has 1 aliphatic heterocycles. The Morgan fingerprint density at radius 3 is 2.50 bits per heavy atom. The van der Waals surface area contributed by atoms with E-state index in [1.807, 2.05) is 0 Å². The van der Waals surface area contributed by atoms with Gasteiger partial charge in [0.1, 0.15) is 6.29 Å². The van der Waals surface area contributed by atoms with Crippen LogP contribution in [0.25, 0.3) is 0 Å². The summed E-state index contributed by atoms with van der Waals surface area (Å²) in [6, 6.07) is 0. The van der Waals surface area contributed by atoms with E-state index in [1.165, 1.54) is 19.3 Å². The Morgan fingerprint density at radius 2 is 1.81 bits per heavy atom. The second-order valence-electron chi connectivity index (χ2n) is 6.08. The van der Waals surface area contributed by atoms with Gasteiger partial charge in [-0.15, -0.1) is 0 Å². The molecule has 2 heteroatoms. The molecular weight excluding hydrogens is 198 g/mol. The van der Waals surface area contributed by atoms with E-state index in [1.54, 1.807) is 0 Å². The molecule has 1 saturated heterocycles. The zero-order chi connectivity index (χ0) is 11.5. The van der Waals surface area contributed by atoms with Crippen LogP contribution in [-0.2, 0) is 4.79 Å². The minimum Gasteiger partial charge on any atom is -0.316 e. The van der Waals surface area contributed by atoms with Crippen molar-refractivity contribution in [3.63, 3.8) is 0 Å². The van der Waals surface area contributed by atoms with Gasteiger partial charge in [0.2, 0.25) is 0 Å². The van der Waals surface area contributed by atoms with Crippen molar-refractivity contribution in [1.82, 2.24) is 5.32 Å². The van der Waals surface area contributed by atoms with Gasteiger partial charge in [-0.3, -0.25) is 0 Å². The lowest BCUT2D eigenvalue weighted by Gasteiger charge is -2.39. The molecule has 0 bridgehead atoms. The van der Waals surface area contributed by atoms with E-state index in [-0.39, 0.29) is 5.92 Å². The molecule has 2 rings (SSSR count). The highest BCUT2D eigenvalue weighted by Gasteiger charge is 2.32. The minimum absolute atomic E-state index is 0.272. The van der Waals surface area contributed by atoms with E-state index in [0.717, 1.165) is 49.5 Å². The quantitative estimate of drug-likeness (QED) is 0.729. The molecule has 0 radical (unpaired) electrons. The summed E-state index contributed by atoms with van der Waals surface area (Å²) in [5, 5.41) is 3.43. The summed E-state index contributed by atoms with van der Waals surface area (Å²) in [7, 11) is 0. The average molecular weight is 223 g/mol. The van der Waals surface area contributed by atoms with Crippen LogP contribution in [0.15, 0.2) is 0 Å². The topological polar surface area (TPSA) is 29.1 Å². The zero-order valence-electron chi connectivity index (χ0n) is 10.6. The van der Waals surface area contributed by atoms with Crippen molar-refractivity contribution < 1.29 is 4.79 Å². The summed E-state index contributed by atoms with van der Waals surface area (Å²) in [5.74, 6) is 3.65. The molecule has 0 spiro atoms. The highest BCUT2D eigenvalue weighted by atomic mass is 16.1. The van der Waals surface area contributed by atoms with Crippen molar-refractivity contribution in [2.75, 3.05) is 13.1 Å². The predicted molar refractivity (Wildman–Crippen MR) is 66.2 cm³/mol. The largest absolute Gasteiger partial charge is 0.316 e. The molecule has 1 saturated carbocycles. The van der Waals surface area contributed by atoms with Crippen LogP contribution in [0.5, 0.6) is 0 Å². The van der Waals surface area contributed by atoms with Gasteiger partial charge in [0.15, 0.2) is 0 Å². The third kappa shape index (κ3) is 2.65. The molecular formula is C14H25NO. The fourth-order valence-corrected chi connectivity index (χ4v) is 3.49. The molecule has 16 heavy (non-hydrogen) atoms. The summed E-state index contributed by atoms with van der Waals surface area (Å²) < 4.78 is 0. The first-order valence-electron chi connectivity index (χ1n) is 6.86. The number of hydrogen-bond donors (Lipinski definition) is 1. The van der Waals surface area contributed by atoms with Gasteiger partial charge in [0.05, 0.1) is 0 Å². The third-order valence-corrected chi connectivity index (χ3v) is 4.92. The highest BCUT2D eigenvalue weighted by Crippen LogP contribution is 2.39. The van der Waals surface area contributed by atoms with Crippen molar-refractivity contribution in [2.45, 2.75) is 39.5 Å². The number of carbonyl (C=O) groups excluding carboxylic acids is 1. The fourth-order valence-electron chi connectivity index (χ4n) is 3.49. The zero-order valence-corrected chi connectivity index (χ0v) is 10.6. The summed E-state index contributed by atoms with van der Waals surface area (Å²) in [6.45, 7) is 6.81. The van der Waals surface area contributed by atoms with Crippen LogP contribution in [0.4, 0.5) is 0 Å². The van der Waals surface area contributed by atoms with Gasteiger partial charge < -0.3 is 10.1 Å². The normalized spacial score (nSPS) is 45.2. The Morgan fingerprint density at radius 1 is 1.00 bits per heavy atom. The lowest BCUT2D eigenvalue weighted by molar-refractivity contribution is -0.112.